The van der Waals surface area contributed by atoms with Crippen LogP contribution in [0.2, 0.25) is 0 Å². The largest absolute Gasteiger partial charge is 0.397 e. The maximum atomic E-state index is 12.8. The summed E-state index contributed by atoms with van der Waals surface area (Å²) in [6.45, 7) is 4.22. The number of aryl methyl sites for hydroxylation is 2. The van der Waals surface area contributed by atoms with Crippen molar-refractivity contribution >= 4 is 49.9 Å². The molecule has 0 saturated heterocycles. The second-order valence-electron chi connectivity index (χ2n) is 6.39. The number of aromatic nitrogens is 3. The quantitative estimate of drug-likeness (QED) is 0.499. The van der Waals surface area contributed by atoms with Gasteiger partial charge >= 0.3 is 0 Å². The van der Waals surface area contributed by atoms with Gasteiger partial charge in [0.2, 0.25) is 0 Å². The molecule has 0 unspecified atom stereocenters. The first kappa shape index (κ1) is 17.4. The first-order chi connectivity index (χ1) is 13.0. The number of amides is 1. The van der Waals surface area contributed by atoms with E-state index in [0.29, 0.717) is 22.9 Å². The molecule has 3 aromatic heterocycles. The minimum Gasteiger partial charge on any atom is -0.397 e. The highest BCUT2D eigenvalue weighted by Crippen LogP contribution is 2.36. The summed E-state index contributed by atoms with van der Waals surface area (Å²) in [5.41, 5.74) is 10.9. The highest BCUT2D eigenvalue weighted by atomic mass is 32.1. The molecule has 8 heteroatoms. The molecule has 4 N–H and O–H groups in total. The average molecular weight is 381 g/mol. The topological polar surface area (TPSA) is 106 Å². The Morgan fingerprint density at radius 3 is 2.89 bits per heavy atom. The second kappa shape index (κ2) is 6.64. The van der Waals surface area contributed by atoms with Crippen molar-refractivity contribution in [3.63, 3.8) is 0 Å². The molecule has 1 aromatic carbocycles. The summed E-state index contributed by atoms with van der Waals surface area (Å²) >= 11 is 1.29. The van der Waals surface area contributed by atoms with Crippen molar-refractivity contribution in [2.75, 3.05) is 18.2 Å². The van der Waals surface area contributed by atoms with Crippen molar-refractivity contribution in [1.82, 2.24) is 15.0 Å². The first-order valence-electron chi connectivity index (χ1n) is 8.41. The number of rotatable bonds is 4. The Balaban J connectivity index is 1.71. The van der Waals surface area contributed by atoms with Crippen LogP contribution in [0.3, 0.4) is 0 Å². The lowest BCUT2D eigenvalue weighted by molar-refractivity contribution is 0.103. The van der Waals surface area contributed by atoms with E-state index in [-0.39, 0.29) is 5.91 Å². The van der Waals surface area contributed by atoms with Gasteiger partial charge in [-0.25, -0.2) is 9.97 Å². The highest BCUT2D eigenvalue weighted by Gasteiger charge is 2.20. The van der Waals surface area contributed by atoms with Gasteiger partial charge in [0, 0.05) is 23.9 Å². The van der Waals surface area contributed by atoms with Gasteiger partial charge in [-0.15, -0.1) is 11.3 Å². The Kier molecular flexibility index (Phi) is 4.29. The van der Waals surface area contributed by atoms with Crippen molar-refractivity contribution in [2.45, 2.75) is 20.5 Å². The maximum Gasteiger partial charge on any atom is 0.267 e. The molecule has 3 heterocycles. The number of hydrogen-bond donors (Lipinski definition) is 3. The van der Waals surface area contributed by atoms with Crippen molar-refractivity contribution < 1.29 is 9.53 Å². The highest BCUT2D eigenvalue weighted by molar-refractivity contribution is 7.21. The third kappa shape index (κ3) is 3.13. The molecule has 1 amide bonds. The molecule has 0 bridgehead atoms. The van der Waals surface area contributed by atoms with Gasteiger partial charge in [-0.1, -0.05) is 0 Å². The lowest BCUT2D eigenvalue weighted by atomic mass is 10.1. The zero-order valence-electron chi connectivity index (χ0n) is 15.2. The summed E-state index contributed by atoms with van der Waals surface area (Å²) in [7, 11) is 1.63. The molecular formula is C19H19N5O2S. The van der Waals surface area contributed by atoms with Gasteiger partial charge in [-0.2, -0.15) is 0 Å². The van der Waals surface area contributed by atoms with E-state index in [4.69, 9.17) is 10.5 Å². The van der Waals surface area contributed by atoms with Gasteiger partial charge in [-0.3, -0.25) is 4.79 Å². The number of carbonyl (C=O) groups is 1. The standard InChI is InChI=1S/C19H19N5O2S/c1-9-6-11(8-26-3)15-16(20)17(27-19(15)21-9)18(25)24-12-4-5-13-14(7-12)23-10(2)22-13/h4-7H,8,20H2,1-3H3,(H,22,23)(H,24,25). The molecular weight excluding hydrogens is 362 g/mol. The van der Waals surface area contributed by atoms with Gasteiger partial charge in [0.1, 0.15) is 15.5 Å². The molecule has 7 nitrogen and oxygen atoms in total. The molecule has 0 saturated carbocycles. The predicted octanol–water partition coefficient (Wildman–Crippen LogP) is 3.77. The summed E-state index contributed by atoms with van der Waals surface area (Å²) in [4.78, 5) is 26.1. The van der Waals surface area contributed by atoms with Crippen LogP contribution >= 0.6 is 11.3 Å². The van der Waals surface area contributed by atoms with E-state index < -0.39 is 0 Å². The fourth-order valence-corrected chi connectivity index (χ4v) is 4.26. The summed E-state index contributed by atoms with van der Waals surface area (Å²) in [5.74, 6) is 0.571. The minimum absolute atomic E-state index is 0.257. The number of aromatic amines is 1. The van der Waals surface area contributed by atoms with E-state index in [1.165, 1.54) is 11.3 Å². The van der Waals surface area contributed by atoms with Gasteiger partial charge in [-0.05, 0) is 43.7 Å². The Bertz CT molecular complexity index is 1180. The fraction of sp³-hybridized carbons (Fsp3) is 0.211. The van der Waals surface area contributed by atoms with Gasteiger partial charge in [0.05, 0.1) is 23.3 Å². The molecule has 0 radical (unpaired) electrons. The van der Waals surface area contributed by atoms with E-state index >= 15 is 0 Å². The van der Waals surface area contributed by atoms with E-state index in [0.717, 1.165) is 38.3 Å². The number of imidazole rings is 1. The van der Waals surface area contributed by atoms with E-state index in [2.05, 4.69) is 20.3 Å². The number of methoxy groups -OCH3 is 1. The SMILES string of the molecule is COCc1cc(C)nc2sc(C(=O)Nc3ccc4nc(C)[nH]c4c3)c(N)c12. The summed E-state index contributed by atoms with van der Waals surface area (Å²) in [6.07, 6.45) is 0. The van der Waals surface area contributed by atoms with Crippen LogP contribution in [0.4, 0.5) is 11.4 Å². The molecule has 0 fully saturated rings. The first-order valence-corrected chi connectivity index (χ1v) is 9.23. The third-order valence-electron chi connectivity index (χ3n) is 4.27. The Morgan fingerprint density at radius 1 is 1.30 bits per heavy atom. The Labute approximate surface area is 159 Å². The molecule has 4 aromatic rings. The van der Waals surface area contributed by atoms with Gasteiger partial charge in [0.15, 0.2) is 0 Å². The zero-order valence-corrected chi connectivity index (χ0v) is 16.0. The number of nitrogens with one attached hydrogen (secondary N) is 2. The van der Waals surface area contributed by atoms with E-state index in [9.17, 15) is 4.79 Å². The normalized spacial score (nSPS) is 11.4. The van der Waals surface area contributed by atoms with Crippen molar-refractivity contribution in [1.29, 1.82) is 0 Å². The third-order valence-corrected chi connectivity index (χ3v) is 5.37. The van der Waals surface area contributed by atoms with Crippen LogP contribution in [-0.4, -0.2) is 28.0 Å². The molecule has 0 spiro atoms. The monoisotopic (exact) mass is 381 g/mol. The van der Waals surface area contributed by atoms with Crippen LogP contribution in [-0.2, 0) is 11.3 Å². The van der Waals surface area contributed by atoms with Crippen molar-refractivity contribution in [3.05, 3.63) is 46.2 Å². The number of nitrogens with two attached hydrogens (primary N) is 1. The van der Waals surface area contributed by atoms with E-state index in [1.807, 2.05) is 38.1 Å². The molecule has 4 rings (SSSR count). The molecule has 138 valence electrons. The summed E-state index contributed by atoms with van der Waals surface area (Å²) < 4.78 is 5.27. The minimum atomic E-state index is -0.257. The summed E-state index contributed by atoms with van der Waals surface area (Å²) in [5, 5.41) is 3.70. The Hall–Kier alpha value is -2.97. The number of anilines is 2. The van der Waals surface area contributed by atoms with Gasteiger partial charge in [0.25, 0.3) is 5.91 Å². The molecule has 0 aliphatic carbocycles. The molecule has 0 aliphatic rings. The number of hydrogen-bond acceptors (Lipinski definition) is 6. The molecule has 27 heavy (non-hydrogen) atoms. The van der Waals surface area contributed by atoms with Crippen LogP contribution in [0.25, 0.3) is 21.3 Å². The van der Waals surface area contributed by atoms with Crippen LogP contribution < -0.4 is 11.1 Å². The number of benzene rings is 1. The number of nitrogens with zero attached hydrogens (tertiary/aromatic N) is 2. The maximum absolute atomic E-state index is 12.8. The van der Waals surface area contributed by atoms with Crippen LogP contribution in [0.15, 0.2) is 24.3 Å². The number of carbonyl (C=O) groups excluding carboxylic acids is 1. The molecule has 0 aliphatic heterocycles. The smallest absolute Gasteiger partial charge is 0.267 e. The second-order valence-corrected chi connectivity index (χ2v) is 7.39. The van der Waals surface area contributed by atoms with E-state index in [1.54, 1.807) is 7.11 Å². The molecule has 0 atom stereocenters. The average Bonchev–Trinajstić information content (AvgIpc) is 3.13. The Morgan fingerprint density at radius 2 is 2.11 bits per heavy atom. The van der Waals surface area contributed by atoms with Crippen LogP contribution in [0.5, 0.6) is 0 Å². The number of fused-ring (bicyclic) bond motifs is 2. The van der Waals surface area contributed by atoms with Gasteiger partial charge < -0.3 is 20.8 Å². The fourth-order valence-electron chi connectivity index (χ4n) is 3.18. The summed E-state index contributed by atoms with van der Waals surface area (Å²) in [6, 6.07) is 7.48. The zero-order chi connectivity index (χ0) is 19.1. The number of ether oxygens (including phenoxy) is 1. The number of nitrogen functional groups attached to an aromatic ring is 1. The van der Waals surface area contributed by atoms with Crippen molar-refractivity contribution in [3.8, 4) is 0 Å². The van der Waals surface area contributed by atoms with Crippen LogP contribution in [0, 0.1) is 13.8 Å². The lowest BCUT2D eigenvalue weighted by Gasteiger charge is -2.06. The van der Waals surface area contributed by atoms with Crippen LogP contribution in [0.1, 0.15) is 26.8 Å². The van der Waals surface area contributed by atoms with Crippen molar-refractivity contribution in [2.24, 2.45) is 0 Å². The predicted molar refractivity (Wildman–Crippen MR) is 108 cm³/mol. The number of pyridine rings is 1. The number of thiophene rings is 1. The number of H-pyrrole nitrogens is 1. The lowest BCUT2D eigenvalue weighted by Crippen LogP contribution is -2.12.